The van der Waals surface area contributed by atoms with Crippen molar-refractivity contribution < 1.29 is 4.74 Å². The zero-order valence-electron chi connectivity index (χ0n) is 69.7. The van der Waals surface area contributed by atoms with Crippen molar-refractivity contribution in [2.24, 2.45) is 23.7 Å². The second-order valence-electron chi connectivity index (χ2n) is 36.3. The highest BCUT2D eigenvalue weighted by Gasteiger charge is 2.56. The predicted octanol–water partition coefficient (Wildman–Crippen LogP) is 26.6. The van der Waals surface area contributed by atoms with Gasteiger partial charge in [-0.05, 0) is 209 Å². The van der Waals surface area contributed by atoms with E-state index in [2.05, 4.69) is 396 Å². The van der Waals surface area contributed by atoms with Gasteiger partial charge in [0.25, 0.3) is 13.4 Å². The molecule has 0 N–H and O–H groups in total. The van der Waals surface area contributed by atoms with Gasteiger partial charge >= 0.3 is 0 Å². The number of anilines is 11. The van der Waals surface area contributed by atoms with Gasteiger partial charge in [-0.2, -0.15) is 0 Å². The topological polar surface area (TPSA) is 22.2 Å². The molecule has 5 aliphatic heterocycles. The van der Waals surface area contributed by atoms with Crippen molar-refractivity contribution in [3.05, 3.63) is 415 Å². The van der Waals surface area contributed by atoms with Crippen LogP contribution in [-0.4, -0.2) is 19.5 Å². The summed E-state index contributed by atoms with van der Waals surface area (Å²) in [7, 11) is 0. The van der Waals surface area contributed by atoms with E-state index in [1.165, 1.54) is 199 Å². The molecule has 1 spiro atoms. The lowest BCUT2D eigenvalue weighted by molar-refractivity contribution is 0.0839. The summed E-state index contributed by atoms with van der Waals surface area (Å²) in [4.78, 5) is 13.4. The quantitative estimate of drug-likeness (QED) is 0.0842. The number of hydrogen-bond donors (Lipinski definition) is 0. The van der Waals surface area contributed by atoms with Crippen molar-refractivity contribution in [2.75, 3.05) is 19.6 Å². The summed E-state index contributed by atoms with van der Waals surface area (Å²) >= 11 is 2.00. The molecular formula is C116H94B2N4OS. The maximum absolute atomic E-state index is 8.16. The Bertz CT molecular complexity index is 6720. The average Bonchev–Trinajstić information content (AvgIpc) is 1.34. The van der Waals surface area contributed by atoms with Crippen molar-refractivity contribution in [2.45, 2.75) is 111 Å². The van der Waals surface area contributed by atoms with Crippen LogP contribution in [-0.2, 0) is 5.41 Å². The molecule has 8 heteroatoms. The Morgan fingerprint density at radius 1 is 0.315 bits per heavy atom. The zero-order chi connectivity index (χ0) is 81.5. The Hall–Kier alpha value is -13.0. The van der Waals surface area contributed by atoms with Gasteiger partial charge < -0.3 is 24.3 Å². The molecule has 0 bridgehead atoms. The summed E-state index contributed by atoms with van der Waals surface area (Å²) in [6.07, 6.45) is 17.1. The molecule has 3 fully saturated rings. The molecule has 16 aromatic rings. The first-order valence-corrected chi connectivity index (χ1v) is 46.5. The molecule has 5 heterocycles. The van der Waals surface area contributed by atoms with Crippen LogP contribution >= 0.6 is 11.8 Å². The van der Waals surface area contributed by atoms with E-state index in [-0.39, 0.29) is 25.4 Å². The van der Waals surface area contributed by atoms with Crippen LogP contribution in [0.4, 0.5) is 62.6 Å². The molecule has 4 aliphatic carbocycles. The van der Waals surface area contributed by atoms with E-state index >= 15 is 0 Å². The molecule has 0 saturated heterocycles. The van der Waals surface area contributed by atoms with Crippen molar-refractivity contribution in [1.29, 1.82) is 0 Å². The maximum Gasteiger partial charge on any atom is 0.256 e. The average molecular weight is 1610 g/mol. The second kappa shape index (κ2) is 30.2. The summed E-state index contributed by atoms with van der Waals surface area (Å²) in [6.45, 7) is -0.355. The van der Waals surface area contributed by atoms with Gasteiger partial charge in [0, 0.05) is 84.4 Å². The van der Waals surface area contributed by atoms with Gasteiger partial charge in [0.05, 0.1) is 22.5 Å². The van der Waals surface area contributed by atoms with Gasteiger partial charge in [-0.15, -0.1) is 0 Å². The van der Waals surface area contributed by atoms with Gasteiger partial charge in [0.1, 0.15) is 11.5 Å². The molecule has 0 radical (unpaired) electrons. The van der Waals surface area contributed by atoms with Crippen molar-refractivity contribution in [3.63, 3.8) is 0 Å². The highest BCUT2D eigenvalue weighted by Crippen LogP contribution is 2.65. The van der Waals surface area contributed by atoms with Gasteiger partial charge in [0.2, 0.25) is 0 Å². The van der Waals surface area contributed by atoms with Gasteiger partial charge in [-0.1, -0.05) is 374 Å². The molecule has 0 aromatic heterocycles. The number of fused-ring (bicyclic) bond motifs is 17. The molecule has 16 aromatic carbocycles. The van der Waals surface area contributed by atoms with E-state index in [9.17, 15) is 0 Å². The molecule has 124 heavy (non-hydrogen) atoms. The Labute approximate surface area is 733 Å². The van der Waals surface area contributed by atoms with Crippen LogP contribution in [0.2, 0.25) is 0 Å². The molecule has 3 saturated carbocycles. The van der Waals surface area contributed by atoms with Gasteiger partial charge in [-0.3, -0.25) is 0 Å². The Balaban J connectivity index is 0.765. The largest absolute Gasteiger partial charge is 0.458 e. The van der Waals surface area contributed by atoms with Crippen LogP contribution < -0.4 is 57.1 Å². The first-order valence-electron chi connectivity index (χ1n) is 45.7. The summed E-state index contributed by atoms with van der Waals surface area (Å²) in [6, 6.07) is 145. The summed E-state index contributed by atoms with van der Waals surface area (Å²) in [5, 5.41) is 0. The third-order valence-electron chi connectivity index (χ3n) is 30.0. The Morgan fingerprint density at radius 2 is 0.790 bits per heavy atom. The fraction of sp³-hybridized carbons (Fsp3) is 0.172. The van der Waals surface area contributed by atoms with E-state index in [0.717, 1.165) is 73.3 Å². The number of rotatable bonds is 13. The highest BCUT2D eigenvalue weighted by atomic mass is 32.2. The van der Waals surface area contributed by atoms with E-state index in [0.29, 0.717) is 23.7 Å². The standard InChI is InChI=1S/C116H94B2N4OS/c1-9-38-76(39-10-1)86-54-27-33-64-100(86)119(83-50-21-7-22-51-83)85-70-107-114-109(71-85)123-108-75-111-95(73-99(108)118(114)97-63-32-36-67-103(97)121(107)101-65-34-28-55-87(101)77-40-11-2-12-41-77)116(92-60-29-25-56-90(92)91-57-26-30-61-93(91)116)94-72-98-104(74-110(94)124-111)122(115-88(78-42-13-3-14-43-78)58-37-59-89(115)79-44-15-4-16-45-79)106-69-82(112(80-46-17-5-18-47-80)81-48-19-6-20-49-81)68-105-113(106)117(98)96-62-31-35-66-102(96)120(105)84-52-23-8-24-53-84/h1-2,5-12,17-36,38-41,46-57,60-75,78-79,88-89,112,115H,3-4,13-16,37,42-45,58-59H2. The lowest BCUT2D eigenvalue weighted by Crippen LogP contribution is -2.65. The monoisotopic (exact) mass is 1610 g/mol. The highest BCUT2D eigenvalue weighted by molar-refractivity contribution is 7.99. The smallest absolute Gasteiger partial charge is 0.256 e. The van der Waals surface area contributed by atoms with E-state index in [1.54, 1.807) is 0 Å². The van der Waals surface area contributed by atoms with Crippen LogP contribution in [0, 0.1) is 23.7 Å². The number of hydrogen-bond acceptors (Lipinski definition) is 6. The number of ether oxygens (including phenoxy) is 1. The lowest BCUT2D eigenvalue weighted by atomic mass is 9.33. The minimum absolute atomic E-state index is 0.0390. The predicted molar refractivity (Wildman–Crippen MR) is 519 cm³/mol. The fourth-order valence-electron chi connectivity index (χ4n) is 25.0. The number of para-hydroxylation sites is 6. The summed E-state index contributed by atoms with van der Waals surface area (Å²) in [5.41, 5.74) is 36.4. The Kier molecular flexibility index (Phi) is 18.0. The van der Waals surface area contributed by atoms with Crippen LogP contribution in [0.3, 0.4) is 0 Å². The molecule has 2 unspecified atom stereocenters. The SMILES string of the molecule is c1ccc(-c2ccccc2N(c2ccccc2)c2cc3c4c(c2)N(c2ccccc2-c2ccccc2)c2ccccc2B4c2cc4c(cc2O3)Sc2cc3c(cc2C42c4ccccc4-c4ccccc42)B2c4ccccc4N(c4ccccc4)c4cc(C(c5ccccc5)c5ccccc5)cc(c42)N3C2C(C3CCCCC3)CCCC2C2CCCCC2)cc1. The summed E-state index contributed by atoms with van der Waals surface area (Å²) < 4.78 is 8.16. The molecule has 596 valence electrons. The minimum Gasteiger partial charge on any atom is -0.458 e. The third-order valence-corrected chi connectivity index (χ3v) is 31.1. The van der Waals surface area contributed by atoms with E-state index in [1.807, 2.05) is 11.8 Å². The lowest BCUT2D eigenvalue weighted by Gasteiger charge is -2.55. The van der Waals surface area contributed by atoms with E-state index < -0.39 is 5.41 Å². The van der Waals surface area contributed by atoms with Crippen LogP contribution in [0.1, 0.15) is 128 Å². The first-order chi connectivity index (χ1) is 61.6. The van der Waals surface area contributed by atoms with Crippen LogP contribution in [0.15, 0.2) is 386 Å². The molecule has 9 aliphatic rings. The number of nitrogens with zero attached hydrogens (tertiary/aromatic N) is 4. The number of benzene rings is 16. The molecule has 2 atom stereocenters. The molecular weight excluding hydrogens is 1520 g/mol. The van der Waals surface area contributed by atoms with Crippen molar-refractivity contribution >= 4 is 121 Å². The van der Waals surface area contributed by atoms with Crippen LogP contribution in [0.5, 0.6) is 11.5 Å². The maximum atomic E-state index is 8.16. The minimum atomic E-state index is -0.780. The van der Waals surface area contributed by atoms with Crippen molar-refractivity contribution in [1.82, 2.24) is 0 Å². The van der Waals surface area contributed by atoms with E-state index in [4.69, 9.17) is 4.74 Å². The zero-order valence-corrected chi connectivity index (χ0v) is 70.5. The van der Waals surface area contributed by atoms with Crippen LogP contribution in [0.25, 0.3) is 33.4 Å². The molecule has 0 amide bonds. The van der Waals surface area contributed by atoms with Gasteiger partial charge in [0.15, 0.2) is 0 Å². The normalized spacial score (nSPS) is 17.8. The van der Waals surface area contributed by atoms with Gasteiger partial charge in [-0.25, -0.2) is 0 Å². The fourth-order valence-corrected chi connectivity index (χ4v) is 26.2. The second-order valence-corrected chi connectivity index (χ2v) is 37.4. The molecule has 5 nitrogen and oxygen atoms in total. The molecule has 25 rings (SSSR count). The summed E-state index contributed by atoms with van der Waals surface area (Å²) in [5.74, 6) is 4.06. The third kappa shape index (κ3) is 11.6. The van der Waals surface area contributed by atoms with Crippen molar-refractivity contribution in [3.8, 4) is 44.9 Å². The first kappa shape index (κ1) is 73.7. The Morgan fingerprint density at radius 3 is 1.41 bits per heavy atom.